The number of nitrogens with two attached hydrogens (primary N) is 1. The molecule has 1 fully saturated rings. The predicted molar refractivity (Wildman–Crippen MR) is 115 cm³/mol. The van der Waals surface area contributed by atoms with Gasteiger partial charge in [-0.15, -0.1) is 0 Å². The first-order valence-corrected chi connectivity index (χ1v) is 11.6. The molecule has 1 aliphatic heterocycles. The maximum absolute atomic E-state index is 6.43. The summed E-state index contributed by atoms with van der Waals surface area (Å²) >= 11 is 0. The van der Waals surface area contributed by atoms with E-state index in [4.69, 9.17) is 5.73 Å². The van der Waals surface area contributed by atoms with Crippen molar-refractivity contribution in [2.45, 2.75) is 111 Å². The molecule has 0 radical (unpaired) electrons. The highest BCUT2D eigenvalue weighted by atomic mass is 15.1. The molecule has 0 bridgehead atoms. The molecular weight excluding hydrogens is 316 g/mol. The van der Waals surface area contributed by atoms with Crippen molar-refractivity contribution >= 4 is 0 Å². The number of fused-ring (bicyclic) bond motifs is 1. The smallest absolute Gasteiger partial charge is 0.0166 e. The van der Waals surface area contributed by atoms with Crippen molar-refractivity contribution in [3.63, 3.8) is 0 Å². The average molecular weight is 363 g/mol. The van der Waals surface area contributed by atoms with E-state index in [9.17, 15) is 0 Å². The van der Waals surface area contributed by atoms with Crippen LogP contribution in [-0.4, -0.2) is 30.6 Å². The summed E-state index contributed by atoms with van der Waals surface area (Å²) in [5.41, 5.74) is 8.61. The third-order valence-corrected chi connectivity index (χ3v) is 7.23. The highest BCUT2D eigenvalue weighted by molar-refractivity contribution is 5.29. The zero-order valence-electron chi connectivity index (χ0n) is 18.3. The van der Waals surface area contributed by atoms with Gasteiger partial charge in [0.05, 0.1) is 0 Å². The number of nitrogens with zero attached hydrogens (tertiary/aromatic N) is 1. The minimum atomic E-state index is 0.177. The molecule has 1 aliphatic carbocycles. The second kappa shape index (κ2) is 10.3. The summed E-state index contributed by atoms with van der Waals surface area (Å²) in [6.07, 6.45) is 19.2. The predicted octanol–water partition coefficient (Wildman–Crippen LogP) is 6.30. The van der Waals surface area contributed by atoms with E-state index in [1.54, 1.807) is 5.57 Å². The van der Waals surface area contributed by atoms with E-state index in [1.807, 2.05) is 0 Å². The van der Waals surface area contributed by atoms with Crippen LogP contribution in [0.4, 0.5) is 0 Å². The molecule has 0 aromatic carbocycles. The largest absolute Gasteiger partial charge is 0.327 e. The van der Waals surface area contributed by atoms with Crippen molar-refractivity contribution in [2.75, 3.05) is 19.6 Å². The molecule has 26 heavy (non-hydrogen) atoms. The molecule has 2 rings (SSSR count). The van der Waals surface area contributed by atoms with Crippen LogP contribution in [0.1, 0.15) is 105 Å². The first-order valence-electron chi connectivity index (χ1n) is 11.6. The molecule has 0 saturated heterocycles. The lowest BCUT2D eigenvalue weighted by Gasteiger charge is -2.53. The van der Waals surface area contributed by atoms with E-state index < -0.39 is 0 Å². The zero-order valence-corrected chi connectivity index (χ0v) is 18.3. The second-order valence-electron chi connectivity index (χ2n) is 9.96. The Bertz CT molecular complexity index is 439. The Morgan fingerprint density at radius 2 is 1.54 bits per heavy atom. The lowest BCUT2D eigenvalue weighted by atomic mass is 9.57. The van der Waals surface area contributed by atoms with E-state index in [2.05, 4.69) is 38.7 Å². The normalized spacial score (nSPS) is 28.7. The van der Waals surface area contributed by atoms with E-state index in [-0.39, 0.29) is 5.41 Å². The van der Waals surface area contributed by atoms with Crippen molar-refractivity contribution in [3.05, 3.63) is 11.6 Å². The van der Waals surface area contributed by atoms with Gasteiger partial charge in [-0.3, -0.25) is 4.90 Å². The molecule has 2 aliphatic rings. The van der Waals surface area contributed by atoms with Crippen LogP contribution in [0.2, 0.25) is 0 Å². The van der Waals surface area contributed by atoms with Crippen LogP contribution in [-0.2, 0) is 0 Å². The molecule has 2 N–H and O–H groups in total. The van der Waals surface area contributed by atoms with Gasteiger partial charge in [0.25, 0.3) is 0 Å². The molecule has 0 spiro atoms. The van der Waals surface area contributed by atoms with Gasteiger partial charge in [0.1, 0.15) is 0 Å². The summed E-state index contributed by atoms with van der Waals surface area (Å²) in [5, 5.41) is 0. The van der Waals surface area contributed by atoms with Crippen molar-refractivity contribution in [1.82, 2.24) is 4.90 Å². The second-order valence-corrected chi connectivity index (χ2v) is 9.96. The van der Waals surface area contributed by atoms with E-state index >= 15 is 0 Å². The van der Waals surface area contributed by atoms with Gasteiger partial charge in [0.15, 0.2) is 0 Å². The van der Waals surface area contributed by atoms with Crippen LogP contribution in [0, 0.1) is 10.8 Å². The Morgan fingerprint density at radius 1 is 0.962 bits per heavy atom. The van der Waals surface area contributed by atoms with Crippen molar-refractivity contribution in [2.24, 2.45) is 16.6 Å². The zero-order chi connectivity index (χ0) is 19.0. The summed E-state index contributed by atoms with van der Waals surface area (Å²) in [6, 6.07) is 0.329. The molecular formula is C24H46N2. The van der Waals surface area contributed by atoms with Crippen LogP contribution in [0.3, 0.4) is 0 Å². The first kappa shape index (κ1) is 22.0. The molecule has 152 valence electrons. The molecule has 0 amide bonds. The molecule has 2 nitrogen and oxygen atoms in total. The summed E-state index contributed by atoms with van der Waals surface area (Å²) in [6.45, 7) is 13.2. The highest BCUT2D eigenvalue weighted by Gasteiger charge is 2.47. The topological polar surface area (TPSA) is 29.3 Å². The summed E-state index contributed by atoms with van der Waals surface area (Å²) in [5.74, 6) is 0. The first-order chi connectivity index (χ1) is 12.4. The van der Waals surface area contributed by atoms with E-state index in [1.165, 1.54) is 90.1 Å². The summed E-state index contributed by atoms with van der Waals surface area (Å²) < 4.78 is 0. The van der Waals surface area contributed by atoms with Crippen LogP contribution >= 0.6 is 0 Å². The fourth-order valence-electron chi connectivity index (χ4n) is 5.39. The lowest BCUT2D eigenvalue weighted by molar-refractivity contribution is 0.101. The number of rotatable bonds is 11. The third kappa shape index (κ3) is 5.83. The maximum Gasteiger partial charge on any atom is 0.0166 e. The van der Waals surface area contributed by atoms with Crippen LogP contribution in [0.25, 0.3) is 0 Å². The Kier molecular flexibility index (Phi) is 8.67. The summed E-state index contributed by atoms with van der Waals surface area (Å²) in [4.78, 5) is 2.70. The number of unbranched alkanes of at least 4 members (excludes halogenated alkanes) is 9. The molecule has 2 heteroatoms. The molecule has 2 atom stereocenters. The Balaban J connectivity index is 1.62. The Hall–Kier alpha value is -0.340. The van der Waals surface area contributed by atoms with Gasteiger partial charge in [-0.25, -0.2) is 0 Å². The standard InChI is InChI=1S/C24H46N2/c1-5-6-7-8-9-10-11-12-13-14-18-26-19-16-21-23(2,3)22(25)15-17-24(21,4)20-26/h16,22H,5-15,17-20,25H2,1-4H3/t22-,24+/m0/s1. The molecule has 0 aromatic rings. The average Bonchev–Trinajstić information content (AvgIpc) is 2.60. The SMILES string of the molecule is CCCCCCCCCCCCN1CC=C2C(C)(C)[C@@H](N)CC[C@]2(C)C1. The van der Waals surface area contributed by atoms with Gasteiger partial charge in [0, 0.05) is 30.0 Å². The van der Waals surface area contributed by atoms with E-state index in [0.29, 0.717) is 11.5 Å². The number of hydrogen-bond donors (Lipinski definition) is 1. The van der Waals surface area contributed by atoms with Gasteiger partial charge in [-0.1, -0.05) is 97.1 Å². The Morgan fingerprint density at radius 3 is 2.15 bits per heavy atom. The number of hydrogen-bond acceptors (Lipinski definition) is 2. The quantitative estimate of drug-likeness (QED) is 0.345. The van der Waals surface area contributed by atoms with Crippen molar-refractivity contribution < 1.29 is 0 Å². The monoisotopic (exact) mass is 362 g/mol. The Labute approximate surface area is 164 Å². The van der Waals surface area contributed by atoms with Gasteiger partial charge in [0.2, 0.25) is 0 Å². The van der Waals surface area contributed by atoms with Crippen molar-refractivity contribution in [1.29, 1.82) is 0 Å². The van der Waals surface area contributed by atoms with Gasteiger partial charge in [-0.2, -0.15) is 0 Å². The molecule has 1 saturated carbocycles. The van der Waals surface area contributed by atoms with Gasteiger partial charge >= 0.3 is 0 Å². The van der Waals surface area contributed by atoms with E-state index in [0.717, 1.165) is 6.54 Å². The van der Waals surface area contributed by atoms with Crippen LogP contribution < -0.4 is 5.73 Å². The van der Waals surface area contributed by atoms with Crippen LogP contribution in [0.15, 0.2) is 11.6 Å². The third-order valence-electron chi connectivity index (χ3n) is 7.23. The highest BCUT2D eigenvalue weighted by Crippen LogP contribution is 2.51. The van der Waals surface area contributed by atoms with Crippen molar-refractivity contribution in [3.8, 4) is 0 Å². The minimum absolute atomic E-state index is 0.177. The summed E-state index contributed by atoms with van der Waals surface area (Å²) in [7, 11) is 0. The molecule has 0 aromatic heterocycles. The fourth-order valence-corrected chi connectivity index (χ4v) is 5.39. The fraction of sp³-hybridized carbons (Fsp3) is 0.917. The lowest BCUT2D eigenvalue weighted by Crippen LogP contribution is -2.54. The van der Waals surface area contributed by atoms with Gasteiger partial charge in [-0.05, 0) is 25.8 Å². The minimum Gasteiger partial charge on any atom is -0.327 e. The maximum atomic E-state index is 6.43. The van der Waals surface area contributed by atoms with Gasteiger partial charge < -0.3 is 5.73 Å². The molecule has 0 unspecified atom stereocenters. The molecule has 1 heterocycles. The van der Waals surface area contributed by atoms with Crippen LogP contribution in [0.5, 0.6) is 0 Å².